The molecule has 16 heavy (non-hydrogen) atoms. The van der Waals surface area contributed by atoms with Crippen molar-refractivity contribution in [2.45, 2.75) is 32.7 Å². The van der Waals surface area contributed by atoms with E-state index >= 15 is 0 Å². The van der Waals surface area contributed by atoms with Gasteiger partial charge in [0.05, 0.1) is 0 Å². The molecule has 1 unspecified atom stereocenters. The molecule has 0 aromatic carbocycles. The van der Waals surface area contributed by atoms with Crippen molar-refractivity contribution < 1.29 is 4.79 Å². The van der Waals surface area contributed by atoms with Crippen molar-refractivity contribution in [1.29, 1.82) is 0 Å². The van der Waals surface area contributed by atoms with E-state index in [4.69, 9.17) is 5.73 Å². The third kappa shape index (κ3) is 3.62. The number of nitrogens with two attached hydrogens (primary N) is 1. The molecule has 1 heterocycles. The lowest BCUT2D eigenvalue weighted by Gasteiger charge is -2.13. The Balaban J connectivity index is 2.56. The lowest BCUT2D eigenvalue weighted by molar-refractivity contribution is 0.0995. The number of amides is 1. The number of carbonyl (C=O) groups excluding carboxylic acids is 1. The molecular weight excluding hydrogens is 202 g/mol. The summed E-state index contributed by atoms with van der Waals surface area (Å²) < 4.78 is 0. The van der Waals surface area contributed by atoms with Crippen molar-refractivity contribution in [3.8, 4) is 0 Å². The van der Waals surface area contributed by atoms with E-state index in [1.165, 1.54) is 6.42 Å². The zero-order chi connectivity index (χ0) is 12.0. The standard InChI is InChI=1S/C12H19N3O/c1-3-4-7-14-9(2)10-5-6-11(12(13)16)15-8-10/h5-6,8-9,14H,3-4,7H2,1-2H3,(H2,13,16). The molecule has 1 atom stereocenters. The van der Waals surface area contributed by atoms with Crippen molar-refractivity contribution in [1.82, 2.24) is 10.3 Å². The number of nitrogens with one attached hydrogen (secondary N) is 1. The zero-order valence-electron chi connectivity index (χ0n) is 9.86. The fourth-order valence-corrected chi connectivity index (χ4v) is 1.42. The highest BCUT2D eigenvalue weighted by Crippen LogP contribution is 2.11. The molecule has 1 rings (SSSR count). The number of hydrogen-bond acceptors (Lipinski definition) is 3. The summed E-state index contributed by atoms with van der Waals surface area (Å²) in [7, 11) is 0. The van der Waals surface area contributed by atoms with E-state index in [-0.39, 0.29) is 6.04 Å². The number of aromatic nitrogens is 1. The molecule has 0 aliphatic rings. The Morgan fingerprint density at radius 1 is 1.56 bits per heavy atom. The molecule has 0 fully saturated rings. The summed E-state index contributed by atoms with van der Waals surface area (Å²) >= 11 is 0. The predicted octanol–water partition coefficient (Wildman–Crippen LogP) is 1.63. The van der Waals surface area contributed by atoms with Gasteiger partial charge >= 0.3 is 0 Å². The van der Waals surface area contributed by atoms with E-state index in [0.717, 1.165) is 18.5 Å². The number of rotatable bonds is 6. The molecule has 4 heteroatoms. The molecule has 0 aliphatic carbocycles. The van der Waals surface area contributed by atoms with Crippen LogP contribution < -0.4 is 11.1 Å². The fraction of sp³-hybridized carbons (Fsp3) is 0.500. The quantitative estimate of drug-likeness (QED) is 0.717. The smallest absolute Gasteiger partial charge is 0.267 e. The van der Waals surface area contributed by atoms with Gasteiger partial charge in [-0.25, -0.2) is 0 Å². The molecule has 0 bridgehead atoms. The normalized spacial score (nSPS) is 12.4. The van der Waals surface area contributed by atoms with E-state index in [2.05, 4.69) is 24.1 Å². The van der Waals surface area contributed by atoms with Crippen LogP contribution in [-0.2, 0) is 0 Å². The number of hydrogen-bond donors (Lipinski definition) is 2. The minimum Gasteiger partial charge on any atom is -0.364 e. The number of carbonyl (C=O) groups is 1. The molecule has 88 valence electrons. The van der Waals surface area contributed by atoms with Crippen molar-refractivity contribution in [3.05, 3.63) is 29.6 Å². The Bertz CT molecular complexity index is 335. The van der Waals surface area contributed by atoms with Crippen molar-refractivity contribution >= 4 is 5.91 Å². The first-order valence-corrected chi connectivity index (χ1v) is 5.64. The van der Waals surface area contributed by atoms with Crippen LogP contribution in [0.4, 0.5) is 0 Å². The number of pyridine rings is 1. The van der Waals surface area contributed by atoms with Crippen LogP contribution in [0.3, 0.4) is 0 Å². The topological polar surface area (TPSA) is 68.0 Å². The maximum Gasteiger partial charge on any atom is 0.267 e. The number of unbranched alkanes of at least 4 members (excludes halogenated alkanes) is 1. The van der Waals surface area contributed by atoms with Crippen LogP contribution in [0.15, 0.2) is 18.3 Å². The minimum absolute atomic E-state index is 0.251. The first kappa shape index (κ1) is 12.6. The Morgan fingerprint density at radius 3 is 2.81 bits per heavy atom. The van der Waals surface area contributed by atoms with Crippen LogP contribution >= 0.6 is 0 Å². The van der Waals surface area contributed by atoms with E-state index < -0.39 is 5.91 Å². The van der Waals surface area contributed by atoms with Crippen LogP contribution in [0, 0.1) is 0 Å². The molecule has 0 radical (unpaired) electrons. The summed E-state index contributed by atoms with van der Waals surface area (Å²) in [4.78, 5) is 14.9. The summed E-state index contributed by atoms with van der Waals surface area (Å²) in [6.07, 6.45) is 4.04. The van der Waals surface area contributed by atoms with Gasteiger partial charge < -0.3 is 11.1 Å². The van der Waals surface area contributed by atoms with Gasteiger partial charge in [-0.3, -0.25) is 9.78 Å². The summed E-state index contributed by atoms with van der Waals surface area (Å²) in [5.41, 5.74) is 6.50. The minimum atomic E-state index is -0.488. The highest BCUT2D eigenvalue weighted by Gasteiger charge is 2.06. The first-order valence-electron chi connectivity index (χ1n) is 5.64. The average Bonchev–Trinajstić information content (AvgIpc) is 2.29. The second-order valence-electron chi connectivity index (χ2n) is 3.87. The van der Waals surface area contributed by atoms with Crippen LogP contribution in [-0.4, -0.2) is 17.4 Å². The molecule has 1 amide bonds. The predicted molar refractivity (Wildman–Crippen MR) is 64.1 cm³/mol. The van der Waals surface area contributed by atoms with Crippen LogP contribution in [0.1, 0.15) is 48.8 Å². The summed E-state index contributed by atoms with van der Waals surface area (Å²) in [6, 6.07) is 3.80. The average molecular weight is 221 g/mol. The molecule has 1 aromatic heterocycles. The van der Waals surface area contributed by atoms with Gasteiger partial charge in [-0.15, -0.1) is 0 Å². The second-order valence-corrected chi connectivity index (χ2v) is 3.87. The van der Waals surface area contributed by atoms with Crippen molar-refractivity contribution in [2.24, 2.45) is 5.73 Å². The third-order valence-electron chi connectivity index (χ3n) is 2.52. The van der Waals surface area contributed by atoms with E-state index in [1.54, 1.807) is 12.3 Å². The highest BCUT2D eigenvalue weighted by atomic mass is 16.1. The number of primary amides is 1. The molecule has 4 nitrogen and oxygen atoms in total. The van der Waals surface area contributed by atoms with Crippen LogP contribution in [0.2, 0.25) is 0 Å². The van der Waals surface area contributed by atoms with Gasteiger partial charge in [-0.2, -0.15) is 0 Å². The van der Waals surface area contributed by atoms with E-state index in [0.29, 0.717) is 5.69 Å². The van der Waals surface area contributed by atoms with Crippen LogP contribution in [0.5, 0.6) is 0 Å². The fourth-order valence-electron chi connectivity index (χ4n) is 1.42. The maximum atomic E-state index is 10.8. The summed E-state index contributed by atoms with van der Waals surface area (Å²) in [5.74, 6) is -0.488. The van der Waals surface area contributed by atoms with Gasteiger partial charge in [0.1, 0.15) is 5.69 Å². The molecule has 0 aliphatic heterocycles. The first-order chi connectivity index (χ1) is 7.65. The lowest BCUT2D eigenvalue weighted by Crippen LogP contribution is -2.20. The van der Waals surface area contributed by atoms with Gasteiger partial charge in [0.15, 0.2) is 0 Å². The monoisotopic (exact) mass is 221 g/mol. The third-order valence-corrected chi connectivity index (χ3v) is 2.52. The van der Waals surface area contributed by atoms with E-state index in [9.17, 15) is 4.79 Å². The van der Waals surface area contributed by atoms with Crippen molar-refractivity contribution in [2.75, 3.05) is 6.54 Å². The van der Waals surface area contributed by atoms with Gasteiger partial charge in [-0.05, 0) is 31.5 Å². The highest BCUT2D eigenvalue weighted by molar-refractivity contribution is 5.90. The van der Waals surface area contributed by atoms with Gasteiger partial charge in [-0.1, -0.05) is 19.4 Å². The molecule has 0 saturated heterocycles. The molecule has 1 aromatic rings. The lowest BCUT2D eigenvalue weighted by atomic mass is 10.1. The SMILES string of the molecule is CCCCNC(C)c1ccc(C(N)=O)nc1. The second kappa shape index (κ2) is 6.23. The van der Waals surface area contributed by atoms with E-state index in [1.807, 2.05) is 6.07 Å². The molecule has 3 N–H and O–H groups in total. The zero-order valence-corrected chi connectivity index (χ0v) is 9.86. The van der Waals surface area contributed by atoms with Gasteiger partial charge in [0.25, 0.3) is 5.91 Å². The summed E-state index contributed by atoms with van der Waals surface area (Å²) in [5, 5.41) is 3.39. The Labute approximate surface area is 96.3 Å². The van der Waals surface area contributed by atoms with Crippen molar-refractivity contribution in [3.63, 3.8) is 0 Å². The summed E-state index contributed by atoms with van der Waals surface area (Å²) in [6.45, 7) is 5.24. The molecule has 0 saturated carbocycles. The maximum absolute atomic E-state index is 10.8. The number of nitrogens with zero attached hydrogens (tertiary/aromatic N) is 1. The van der Waals surface area contributed by atoms with Gasteiger partial charge in [0, 0.05) is 12.2 Å². The Morgan fingerprint density at radius 2 is 2.31 bits per heavy atom. The van der Waals surface area contributed by atoms with Crippen LogP contribution in [0.25, 0.3) is 0 Å². The van der Waals surface area contributed by atoms with Gasteiger partial charge in [0.2, 0.25) is 0 Å². The largest absolute Gasteiger partial charge is 0.364 e. The molecular formula is C12H19N3O. The Hall–Kier alpha value is -1.42. The molecule has 0 spiro atoms. The Kier molecular flexibility index (Phi) is 4.92.